The van der Waals surface area contributed by atoms with Gasteiger partial charge in [-0.1, -0.05) is 42.5 Å². The summed E-state index contributed by atoms with van der Waals surface area (Å²) in [5.74, 6) is -0.428. The molecule has 0 radical (unpaired) electrons. The highest BCUT2D eigenvalue weighted by atomic mass is 16.5. The van der Waals surface area contributed by atoms with Crippen molar-refractivity contribution in [3.8, 4) is 0 Å². The molecule has 2 aromatic carbocycles. The first-order chi connectivity index (χ1) is 11.6. The topological polar surface area (TPSA) is 81.4 Å². The Bertz CT molecular complexity index is 669. The zero-order chi connectivity index (χ0) is 17.4. The van der Waals surface area contributed by atoms with Crippen LogP contribution in [0.1, 0.15) is 33.9 Å². The van der Waals surface area contributed by atoms with Gasteiger partial charge in [-0.3, -0.25) is 4.79 Å². The number of nitrogens with two attached hydrogens (primary N) is 1. The molecule has 1 atom stereocenters. The average molecular weight is 326 g/mol. The second-order valence-corrected chi connectivity index (χ2v) is 5.51. The molecule has 126 valence electrons. The van der Waals surface area contributed by atoms with Gasteiger partial charge in [0.05, 0.1) is 12.7 Å². The van der Waals surface area contributed by atoms with E-state index in [1.165, 1.54) is 7.11 Å². The van der Waals surface area contributed by atoms with Gasteiger partial charge in [0.2, 0.25) is 5.91 Å². The second-order valence-electron chi connectivity index (χ2n) is 5.51. The summed E-state index contributed by atoms with van der Waals surface area (Å²) in [7, 11) is 1.35. The molecule has 5 nitrogen and oxygen atoms in total. The van der Waals surface area contributed by atoms with Crippen molar-refractivity contribution in [2.45, 2.75) is 18.9 Å². The SMILES string of the molecule is COC(=O)c1ccc(CCNC(=O)CC(N)c2ccccc2)cc1. The van der Waals surface area contributed by atoms with E-state index in [4.69, 9.17) is 5.73 Å². The number of esters is 1. The van der Waals surface area contributed by atoms with E-state index in [1.54, 1.807) is 12.1 Å². The minimum atomic E-state index is -0.357. The Morgan fingerprint density at radius 2 is 1.75 bits per heavy atom. The predicted molar refractivity (Wildman–Crippen MR) is 92.5 cm³/mol. The molecule has 0 aliphatic heterocycles. The van der Waals surface area contributed by atoms with Crippen LogP contribution in [0.25, 0.3) is 0 Å². The van der Waals surface area contributed by atoms with Gasteiger partial charge in [-0.25, -0.2) is 4.79 Å². The Morgan fingerprint density at radius 1 is 1.08 bits per heavy atom. The van der Waals surface area contributed by atoms with Crippen molar-refractivity contribution in [3.63, 3.8) is 0 Å². The molecule has 1 unspecified atom stereocenters. The first-order valence-electron chi connectivity index (χ1n) is 7.84. The summed E-state index contributed by atoms with van der Waals surface area (Å²) in [5, 5.41) is 2.87. The fraction of sp³-hybridized carbons (Fsp3) is 0.263. The third kappa shape index (κ3) is 5.21. The van der Waals surface area contributed by atoms with E-state index < -0.39 is 0 Å². The summed E-state index contributed by atoms with van der Waals surface area (Å²) in [6.07, 6.45) is 0.944. The van der Waals surface area contributed by atoms with Crippen LogP contribution in [0.15, 0.2) is 54.6 Å². The van der Waals surface area contributed by atoms with E-state index in [0.717, 1.165) is 11.1 Å². The van der Waals surface area contributed by atoms with Gasteiger partial charge in [-0.2, -0.15) is 0 Å². The van der Waals surface area contributed by atoms with Crippen LogP contribution in [0.5, 0.6) is 0 Å². The van der Waals surface area contributed by atoms with Crippen LogP contribution in [0.4, 0.5) is 0 Å². The Morgan fingerprint density at radius 3 is 2.38 bits per heavy atom. The Balaban J connectivity index is 1.75. The van der Waals surface area contributed by atoms with Crippen LogP contribution in [-0.2, 0) is 16.0 Å². The zero-order valence-electron chi connectivity index (χ0n) is 13.7. The number of nitrogens with one attached hydrogen (secondary N) is 1. The highest BCUT2D eigenvalue weighted by Crippen LogP contribution is 2.13. The average Bonchev–Trinajstić information content (AvgIpc) is 2.62. The molecule has 0 aliphatic carbocycles. The first-order valence-corrected chi connectivity index (χ1v) is 7.84. The van der Waals surface area contributed by atoms with Crippen molar-refractivity contribution in [2.24, 2.45) is 5.73 Å². The molecule has 3 N–H and O–H groups in total. The molecule has 0 fully saturated rings. The second kappa shape index (κ2) is 8.84. The van der Waals surface area contributed by atoms with Crippen molar-refractivity contribution in [3.05, 3.63) is 71.3 Å². The molecule has 2 aromatic rings. The molecule has 0 saturated heterocycles. The molecule has 5 heteroatoms. The Labute approximate surface area is 141 Å². The quantitative estimate of drug-likeness (QED) is 0.765. The van der Waals surface area contributed by atoms with E-state index in [0.29, 0.717) is 18.5 Å². The van der Waals surface area contributed by atoms with Gasteiger partial charge in [0.25, 0.3) is 0 Å². The fourth-order valence-electron chi connectivity index (χ4n) is 2.36. The molecular weight excluding hydrogens is 304 g/mol. The molecule has 2 rings (SSSR count). The highest BCUT2D eigenvalue weighted by Gasteiger charge is 2.11. The number of carbonyl (C=O) groups excluding carboxylic acids is 2. The summed E-state index contributed by atoms with van der Waals surface area (Å²) < 4.78 is 4.65. The summed E-state index contributed by atoms with van der Waals surface area (Å²) in [5.41, 5.74) is 8.53. The normalized spacial score (nSPS) is 11.6. The number of methoxy groups -OCH3 is 1. The lowest BCUT2D eigenvalue weighted by atomic mass is 10.0. The number of rotatable bonds is 7. The predicted octanol–water partition coefficient (Wildman–Crippen LogP) is 2.22. The fourth-order valence-corrected chi connectivity index (χ4v) is 2.36. The maximum atomic E-state index is 11.9. The van der Waals surface area contributed by atoms with Gasteiger partial charge < -0.3 is 15.8 Å². The molecule has 1 amide bonds. The molecule has 0 spiro atoms. The lowest BCUT2D eigenvalue weighted by Crippen LogP contribution is -2.29. The van der Waals surface area contributed by atoms with E-state index in [1.807, 2.05) is 42.5 Å². The summed E-state index contributed by atoms with van der Waals surface area (Å²) in [4.78, 5) is 23.3. The Hall–Kier alpha value is -2.66. The number of ether oxygens (including phenoxy) is 1. The molecule has 0 aliphatic rings. The van der Waals surface area contributed by atoms with Crippen molar-refractivity contribution in [1.82, 2.24) is 5.32 Å². The summed E-state index contributed by atoms with van der Waals surface area (Å²) in [6, 6.07) is 16.4. The van der Waals surface area contributed by atoms with Crippen LogP contribution in [-0.4, -0.2) is 25.5 Å². The highest BCUT2D eigenvalue weighted by molar-refractivity contribution is 5.89. The van der Waals surface area contributed by atoms with Gasteiger partial charge in [0.15, 0.2) is 0 Å². The molecule has 0 saturated carbocycles. The van der Waals surface area contributed by atoms with Crippen LogP contribution in [0.3, 0.4) is 0 Å². The zero-order valence-corrected chi connectivity index (χ0v) is 13.7. The number of carbonyl (C=O) groups is 2. The minimum absolute atomic E-state index is 0.0717. The van der Waals surface area contributed by atoms with Crippen molar-refractivity contribution in [1.29, 1.82) is 0 Å². The van der Waals surface area contributed by atoms with Crippen LogP contribution >= 0.6 is 0 Å². The van der Waals surface area contributed by atoms with E-state index in [-0.39, 0.29) is 24.3 Å². The smallest absolute Gasteiger partial charge is 0.337 e. The minimum Gasteiger partial charge on any atom is -0.465 e. The number of hydrogen-bond donors (Lipinski definition) is 2. The molecular formula is C19H22N2O3. The van der Waals surface area contributed by atoms with E-state index in [2.05, 4.69) is 10.1 Å². The number of amides is 1. The van der Waals surface area contributed by atoms with Crippen molar-refractivity contribution >= 4 is 11.9 Å². The summed E-state index contributed by atoms with van der Waals surface area (Å²) >= 11 is 0. The lowest BCUT2D eigenvalue weighted by molar-refractivity contribution is -0.121. The van der Waals surface area contributed by atoms with Gasteiger partial charge in [0.1, 0.15) is 0 Å². The number of benzene rings is 2. The standard InChI is InChI=1S/C19H22N2O3/c1-24-19(23)16-9-7-14(8-10-16)11-12-21-18(22)13-17(20)15-5-3-2-4-6-15/h2-10,17H,11-13,20H2,1H3,(H,21,22). The van der Waals surface area contributed by atoms with E-state index in [9.17, 15) is 9.59 Å². The first kappa shape index (κ1) is 17.7. The Kier molecular flexibility index (Phi) is 6.51. The third-order valence-corrected chi connectivity index (χ3v) is 3.74. The lowest BCUT2D eigenvalue weighted by Gasteiger charge is -2.12. The molecule has 24 heavy (non-hydrogen) atoms. The molecule has 0 aromatic heterocycles. The van der Waals surface area contributed by atoms with Crippen LogP contribution in [0, 0.1) is 0 Å². The van der Waals surface area contributed by atoms with Gasteiger partial charge in [-0.05, 0) is 29.7 Å². The van der Waals surface area contributed by atoms with Crippen molar-refractivity contribution < 1.29 is 14.3 Å². The van der Waals surface area contributed by atoms with E-state index >= 15 is 0 Å². The molecule has 0 heterocycles. The van der Waals surface area contributed by atoms with Crippen LogP contribution < -0.4 is 11.1 Å². The molecule has 0 bridgehead atoms. The van der Waals surface area contributed by atoms with Gasteiger partial charge in [0, 0.05) is 19.0 Å². The number of hydrogen-bond acceptors (Lipinski definition) is 4. The monoisotopic (exact) mass is 326 g/mol. The third-order valence-electron chi connectivity index (χ3n) is 3.74. The van der Waals surface area contributed by atoms with Gasteiger partial charge in [-0.15, -0.1) is 0 Å². The largest absolute Gasteiger partial charge is 0.465 e. The van der Waals surface area contributed by atoms with Gasteiger partial charge >= 0.3 is 5.97 Å². The maximum Gasteiger partial charge on any atom is 0.337 e. The van der Waals surface area contributed by atoms with Crippen LogP contribution in [0.2, 0.25) is 0 Å². The van der Waals surface area contributed by atoms with Crippen molar-refractivity contribution in [2.75, 3.05) is 13.7 Å². The maximum absolute atomic E-state index is 11.9. The summed E-state index contributed by atoms with van der Waals surface area (Å²) in [6.45, 7) is 0.526.